The average molecular weight is 230 g/mol. The van der Waals surface area contributed by atoms with Gasteiger partial charge in [0.05, 0.1) is 0 Å². The third-order valence-corrected chi connectivity index (χ3v) is 2.90. The fraction of sp³-hybridized carbons (Fsp3) is 1.00. The van der Waals surface area contributed by atoms with E-state index in [2.05, 4.69) is 24.3 Å². The number of nitrogens with one attached hydrogen (secondary N) is 1. The van der Waals surface area contributed by atoms with Crippen LogP contribution in [0.4, 0.5) is 0 Å². The molecule has 5 N–H and O–H groups in total. The summed E-state index contributed by atoms with van der Waals surface area (Å²) in [5.41, 5.74) is 14.4. The van der Waals surface area contributed by atoms with E-state index in [1.54, 1.807) is 0 Å². The van der Waals surface area contributed by atoms with E-state index in [4.69, 9.17) is 11.5 Å². The molecule has 0 saturated carbocycles. The molecule has 0 fully saturated rings. The maximum absolute atomic E-state index is 5.61. The molecule has 1 atom stereocenters. The first-order chi connectivity index (χ1) is 7.78. The molecule has 1 unspecified atom stereocenters. The maximum Gasteiger partial charge on any atom is 0.0254 e. The number of unbranched alkanes of at least 4 members (excludes halogenated alkanes) is 1. The minimum atomic E-state index is 0.673. The summed E-state index contributed by atoms with van der Waals surface area (Å²) in [6, 6.07) is 0. The van der Waals surface area contributed by atoms with Crippen molar-refractivity contribution in [2.45, 2.75) is 39.5 Å². The van der Waals surface area contributed by atoms with E-state index in [-0.39, 0.29) is 0 Å². The zero-order valence-corrected chi connectivity index (χ0v) is 11.0. The third-order valence-electron chi connectivity index (χ3n) is 2.90. The molecule has 0 aliphatic heterocycles. The zero-order valence-electron chi connectivity index (χ0n) is 11.0. The number of hydrogen-bond acceptors (Lipinski definition) is 4. The predicted octanol–water partition coefficient (Wildman–Crippen LogP) is 0.927. The van der Waals surface area contributed by atoms with Crippen molar-refractivity contribution in [3.05, 3.63) is 0 Å². The first-order valence-corrected chi connectivity index (χ1v) is 6.67. The Kier molecular flexibility index (Phi) is 11.2. The number of hydrazine groups is 1. The molecule has 0 rings (SSSR count). The summed E-state index contributed by atoms with van der Waals surface area (Å²) in [5, 5.41) is 2.23. The Hall–Kier alpha value is -0.160. The lowest BCUT2D eigenvalue weighted by Crippen LogP contribution is -2.45. The van der Waals surface area contributed by atoms with Gasteiger partial charge in [-0.05, 0) is 12.3 Å². The van der Waals surface area contributed by atoms with Crippen LogP contribution in [0.5, 0.6) is 0 Å². The number of hydrogen-bond donors (Lipinski definition) is 3. The van der Waals surface area contributed by atoms with Gasteiger partial charge in [0.25, 0.3) is 0 Å². The van der Waals surface area contributed by atoms with Crippen LogP contribution >= 0.6 is 0 Å². The van der Waals surface area contributed by atoms with Crippen molar-refractivity contribution in [1.29, 1.82) is 0 Å². The highest BCUT2D eigenvalue weighted by Gasteiger charge is 2.11. The Bertz CT molecular complexity index is 141. The smallest absolute Gasteiger partial charge is 0.0254 e. The molecule has 0 bridgehead atoms. The lowest BCUT2D eigenvalue weighted by Gasteiger charge is -2.27. The minimum absolute atomic E-state index is 0.673. The van der Waals surface area contributed by atoms with E-state index in [1.807, 2.05) is 0 Å². The number of nitrogens with zero attached hydrogens (tertiary/aromatic N) is 1. The molecule has 0 heterocycles. The van der Waals surface area contributed by atoms with E-state index >= 15 is 0 Å². The molecule has 0 aliphatic carbocycles. The maximum atomic E-state index is 5.61. The Morgan fingerprint density at radius 3 is 2.44 bits per heavy atom. The highest BCUT2D eigenvalue weighted by molar-refractivity contribution is 4.63. The molecule has 0 amide bonds. The SMILES string of the molecule is CCCCC(CC)CN(CCN)NCCN. The van der Waals surface area contributed by atoms with Gasteiger partial charge >= 0.3 is 0 Å². The van der Waals surface area contributed by atoms with Gasteiger partial charge in [-0.25, -0.2) is 5.01 Å². The van der Waals surface area contributed by atoms with Crippen molar-refractivity contribution >= 4 is 0 Å². The summed E-state index contributed by atoms with van der Waals surface area (Å²) >= 11 is 0. The fourth-order valence-corrected chi connectivity index (χ4v) is 1.84. The minimum Gasteiger partial charge on any atom is -0.329 e. The number of rotatable bonds is 11. The Morgan fingerprint density at radius 2 is 1.94 bits per heavy atom. The van der Waals surface area contributed by atoms with Gasteiger partial charge in [-0.2, -0.15) is 0 Å². The van der Waals surface area contributed by atoms with Gasteiger partial charge in [-0.15, -0.1) is 0 Å². The predicted molar refractivity (Wildman–Crippen MR) is 71.0 cm³/mol. The molecule has 16 heavy (non-hydrogen) atoms. The van der Waals surface area contributed by atoms with Gasteiger partial charge in [0.15, 0.2) is 0 Å². The van der Waals surface area contributed by atoms with Crippen LogP contribution in [0.15, 0.2) is 0 Å². The van der Waals surface area contributed by atoms with E-state index in [1.165, 1.54) is 25.7 Å². The number of nitrogens with two attached hydrogens (primary N) is 2. The highest BCUT2D eigenvalue weighted by atomic mass is 15.5. The van der Waals surface area contributed by atoms with E-state index in [9.17, 15) is 0 Å². The molecule has 0 aliphatic rings. The van der Waals surface area contributed by atoms with Crippen molar-refractivity contribution < 1.29 is 0 Å². The molecule has 0 aromatic heterocycles. The molecule has 98 valence electrons. The van der Waals surface area contributed by atoms with Crippen LogP contribution in [0.1, 0.15) is 39.5 Å². The topological polar surface area (TPSA) is 67.3 Å². The quantitative estimate of drug-likeness (QED) is 0.462. The van der Waals surface area contributed by atoms with Crippen LogP contribution in [-0.2, 0) is 0 Å². The van der Waals surface area contributed by atoms with E-state index in [0.29, 0.717) is 13.1 Å². The molecule has 0 radical (unpaired) electrons. The second-order valence-electron chi connectivity index (χ2n) is 4.35. The normalized spacial score (nSPS) is 13.3. The Balaban J connectivity index is 3.90. The summed E-state index contributed by atoms with van der Waals surface area (Å²) in [6.07, 6.45) is 5.17. The summed E-state index contributed by atoms with van der Waals surface area (Å²) in [7, 11) is 0. The lowest BCUT2D eigenvalue weighted by molar-refractivity contribution is 0.157. The highest BCUT2D eigenvalue weighted by Crippen LogP contribution is 2.13. The molecule has 0 saturated heterocycles. The molecule has 0 aromatic rings. The van der Waals surface area contributed by atoms with Crippen molar-refractivity contribution in [3.63, 3.8) is 0 Å². The van der Waals surface area contributed by atoms with Gasteiger partial charge in [-0.1, -0.05) is 33.1 Å². The van der Waals surface area contributed by atoms with Crippen molar-refractivity contribution in [1.82, 2.24) is 10.4 Å². The molecule has 0 aromatic carbocycles. The van der Waals surface area contributed by atoms with E-state index in [0.717, 1.165) is 25.6 Å². The summed E-state index contributed by atoms with van der Waals surface area (Å²) in [4.78, 5) is 0. The van der Waals surface area contributed by atoms with Gasteiger partial charge in [-0.3, -0.25) is 5.43 Å². The molecule has 4 heteroatoms. The van der Waals surface area contributed by atoms with Crippen molar-refractivity contribution in [2.75, 3.05) is 32.7 Å². The van der Waals surface area contributed by atoms with E-state index < -0.39 is 0 Å². The Labute approximate surface area is 101 Å². The molecular weight excluding hydrogens is 200 g/mol. The van der Waals surface area contributed by atoms with Gasteiger partial charge in [0, 0.05) is 32.7 Å². The monoisotopic (exact) mass is 230 g/mol. The second-order valence-corrected chi connectivity index (χ2v) is 4.35. The molecule has 4 nitrogen and oxygen atoms in total. The Morgan fingerprint density at radius 1 is 1.19 bits per heavy atom. The second kappa shape index (κ2) is 11.3. The van der Waals surface area contributed by atoms with Crippen LogP contribution in [0.2, 0.25) is 0 Å². The lowest BCUT2D eigenvalue weighted by atomic mass is 9.99. The van der Waals surface area contributed by atoms with Crippen molar-refractivity contribution in [3.8, 4) is 0 Å². The standard InChI is InChI=1S/C12H30N4/c1-3-5-6-12(4-2)11-16(10-8-14)15-9-7-13/h12,15H,3-11,13-14H2,1-2H3. The van der Waals surface area contributed by atoms with Crippen LogP contribution in [0, 0.1) is 5.92 Å². The fourth-order valence-electron chi connectivity index (χ4n) is 1.84. The first-order valence-electron chi connectivity index (χ1n) is 6.67. The molecular formula is C12H30N4. The van der Waals surface area contributed by atoms with Crippen LogP contribution < -0.4 is 16.9 Å². The van der Waals surface area contributed by atoms with Gasteiger partial charge in [0.2, 0.25) is 0 Å². The first kappa shape index (κ1) is 15.8. The van der Waals surface area contributed by atoms with Gasteiger partial charge in [0.1, 0.15) is 0 Å². The third kappa shape index (κ3) is 8.05. The van der Waals surface area contributed by atoms with Crippen LogP contribution in [0.25, 0.3) is 0 Å². The van der Waals surface area contributed by atoms with Crippen molar-refractivity contribution in [2.24, 2.45) is 17.4 Å². The largest absolute Gasteiger partial charge is 0.329 e. The summed E-state index contributed by atoms with van der Waals surface area (Å²) < 4.78 is 0. The van der Waals surface area contributed by atoms with Crippen LogP contribution in [-0.4, -0.2) is 37.7 Å². The van der Waals surface area contributed by atoms with Gasteiger partial charge < -0.3 is 11.5 Å². The zero-order chi connectivity index (χ0) is 12.2. The average Bonchev–Trinajstić information content (AvgIpc) is 2.31. The summed E-state index contributed by atoms with van der Waals surface area (Å²) in [5.74, 6) is 0.775. The van der Waals surface area contributed by atoms with Crippen LogP contribution in [0.3, 0.4) is 0 Å². The molecule has 0 spiro atoms. The summed E-state index contributed by atoms with van der Waals surface area (Å²) in [6.45, 7) is 8.72.